The Morgan fingerprint density at radius 2 is 1.44 bits per heavy atom. The molecule has 0 bridgehead atoms. The molecule has 1 atom stereocenters. The molecule has 1 fully saturated rings. The van der Waals surface area contributed by atoms with Gasteiger partial charge in [-0.1, -0.05) is 73.9 Å². The highest BCUT2D eigenvalue weighted by atomic mass is 16.4. The zero-order valence-electron chi connectivity index (χ0n) is 14.5. The molecule has 2 aromatic carbocycles. The largest absolute Gasteiger partial charge is 0.481 e. The van der Waals surface area contributed by atoms with Crippen molar-refractivity contribution in [2.45, 2.75) is 56.5 Å². The molecule has 2 N–H and O–H groups in total. The van der Waals surface area contributed by atoms with Crippen molar-refractivity contribution in [1.82, 2.24) is 0 Å². The van der Waals surface area contributed by atoms with E-state index in [-0.39, 0.29) is 0 Å². The van der Waals surface area contributed by atoms with E-state index in [1.807, 2.05) is 42.5 Å². The fourth-order valence-corrected chi connectivity index (χ4v) is 3.95. The Hall–Kier alpha value is -2.13. The molecule has 0 amide bonds. The summed E-state index contributed by atoms with van der Waals surface area (Å²) >= 11 is 0. The molecule has 25 heavy (non-hydrogen) atoms. The molecular formula is C22H26O3. The van der Waals surface area contributed by atoms with Gasteiger partial charge in [-0.05, 0) is 42.4 Å². The van der Waals surface area contributed by atoms with Crippen LogP contribution in [0.5, 0.6) is 0 Å². The maximum Gasteiger partial charge on any atom is 0.313 e. The van der Waals surface area contributed by atoms with Crippen LogP contribution >= 0.6 is 0 Å². The lowest BCUT2D eigenvalue weighted by atomic mass is 9.72. The van der Waals surface area contributed by atoms with Crippen LogP contribution in [-0.4, -0.2) is 21.8 Å². The van der Waals surface area contributed by atoms with Gasteiger partial charge in [-0.25, -0.2) is 0 Å². The van der Waals surface area contributed by atoms with E-state index in [2.05, 4.69) is 12.1 Å². The van der Waals surface area contributed by atoms with Crippen molar-refractivity contribution < 1.29 is 15.0 Å². The van der Waals surface area contributed by atoms with Crippen molar-refractivity contribution in [2.24, 2.45) is 0 Å². The van der Waals surface area contributed by atoms with Crippen molar-refractivity contribution in [2.75, 3.05) is 0 Å². The van der Waals surface area contributed by atoms with Crippen molar-refractivity contribution >= 4 is 5.97 Å². The highest BCUT2D eigenvalue weighted by Crippen LogP contribution is 2.40. The van der Waals surface area contributed by atoms with Gasteiger partial charge in [0.25, 0.3) is 0 Å². The van der Waals surface area contributed by atoms with Crippen LogP contribution in [0.4, 0.5) is 0 Å². The van der Waals surface area contributed by atoms with E-state index in [4.69, 9.17) is 0 Å². The van der Waals surface area contributed by atoms with Gasteiger partial charge < -0.3 is 10.2 Å². The highest BCUT2D eigenvalue weighted by Gasteiger charge is 2.43. The number of carboxylic acid groups (broad SMARTS) is 1. The maximum atomic E-state index is 11.8. The summed E-state index contributed by atoms with van der Waals surface area (Å²) in [4.78, 5) is 11.8. The number of benzene rings is 2. The Balaban J connectivity index is 1.72. The Morgan fingerprint density at radius 1 is 0.880 bits per heavy atom. The van der Waals surface area contributed by atoms with Crippen molar-refractivity contribution in [1.29, 1.82) is 0 Å². The first kappa shape index (κ1) is 17.7. The van der Waals surface area contributed by atoms with Crippen LogP contribution < -0.4 is 0 Å². The van der Waals surface area contributed by atoms with Crippen LogP contribution in [-0.2, 0) is 17.6 Å². The average molecular weight is 338 g/mol. The fraction of sp³-hybridized carbons (Fsp3) is 0.409. The monoisotopic (exact) mass is 338 g/mol. The minimum Gasteiger partial charge on any atom is -0.481 e. The molecule has 0 radical (unpaired) electrons. The molecule has 2 aromatic rings. The van der Waals surface area contributed by atoms with Crippen LogP contribution in [0.3, 0.4) is 0 Å². The third-order valence-electron chi connectivity index (χ3n) is 5.36. The van der Waals surface area contributed by atoms with Gasteiger partial charge in [-0.15, -0.1) is 0 Å². The summed E-state index contributed by atoms with van der Waals surface area (Å²) in [5.41, 5.74) is 2.08. The second-order valence-corrected chi connectivity index (χ2v) is 7.16. The van der Waals surface area contributed by atoms with Gasteiger partial charge in [0.15, 0.2) is 0 Å². The number of aliphatic carboxylic acids is 1. The summed E-state index contributed by atoms with van der Waals surface area (Å²) < 4.78 is 0. The Morgan fingerprint density at radius 3 is 2.00 bits per heavy atom. The van der Waals surface area contributed by atoms with Gasteiger partial charge in [-0.2, -0.15) is 0 Å². The van der Waals surface area contributed by atoms with E-state index < -0.39 is 17.5 Å². The van der Waals surface area contributed by atoms with E-state index in [1.165, 1.54) is 11.1 Å². The van der Waals surface area contributed by atoms with E-state index in [9.17, 15) is 15.0 Å². The summed E-state index contributed by atoms with van der Waals surface area (Å²) in [6.45, 7) is 0. The standard InChI is InChI=1S/C22H26O3/c23-21(24)20(22(25)15-5-2-6-16-22)19-13-11-18(12-14-19)10-9-17-7-3-1-4-8-17/h1,3-4,7-8,11-14,20,25H,2,5-6,9-10,15-16H2,(H,23,24). The lowest BCUT2D eigenvalue weighted by Crippen LogP contribution is -2.42. The zero-order chi connectivity index (χ0) is 17.7. The van der Waals surface area contributed by atoms with E-state index in [1.54, 1.807) is 0 Å². The molecule has 1 unspecified atom stereocenters. The quantitative estimate of drug-likeness (QED) is 0.824. The molecule has 1 aliphatic rings. The molecule has 0 aliphatic heterocycles. The van der Waals surface area contributed by atoms with Crippen LogP contribution in [0.2, 0.25) is 0 Å². The van der Waals surface area contributed by atoms with Crippen LogP contribution in [0.25, 0.3) is 0 Å². The first-order valence-corrected chi connectivity index (χ1v) is 9.16. The zero-order valence-corrected chi connectivity index (χ0v) is 14.5. The summed E-state index contributed by atoms with van der Waals surface area (Å²) in [6, 6.07) is 18.1. The molecule has 3 nitrogen and oxygen atoms in total. The average Bonchev–Trinajstić information content (AvgIpc) is 2.62. The predicted molar refractivity (Wildman–Crippen MR) is 98.7 cm³/mol. The molecule has 1 aliphatic carbocycles. The van der Waals surface area contributed by atoms with Crippen LogP contribution in [0.1, 0.15) is 54.7 Å². The third kappa shape index (κ3) is 4.29. The second-order valence-electron chi connectivity index (χ2n) is 7.16. The third-order valence-corrected chi connectivity index (χ3v) is 5.36. The van der Waals surface area contributed by atoms with Gasteiger partial charge in [0, 0.05) is 0 Å². The molecule has 3 heteroatoms. The van der Waals surface area contributed by atoms with Gasteiger partial charge in [0.2, 0.25) is 0 Å². The van der Waals surface area contributed by atoms with E-state index >= 15 is 0 Å². The summed E-state index contributed by atoms with van der Waals surface area (Å²) in [6.07, 6.45) is 5.90. The van der Waals surface area contributed by atoms with Crippen LogP contribution in [0, 0.1) is 0 Å². The van der Waals surface area contributed by atoms with E-state index in [0.717, 1.165) is 32.1 Å². The molecule has 1 saturated carbocycles. The second kappa shape index (κ2) is 7.83. The number of aliphatic hydroxyl groups is 1. The molecule has 0 heterocycles. The lowest BCUT2D eigenvalue weighted by Gasteiger charge is -2.37. The van der Waals surface area contributed by atoms with Gasteiger partial charge in [0.1, 0.15) is 5.92 Å². The Labute approximate surface area is 149 Å². The fourth-order valence-electron chi connectivity index (χ4n) is 3.95. The van der Waals surface area contributed by atoms with Crippen molar-refractivity contribution in [3.05, 3.63) is 71.3 Å². The van der Waals surface area contributed by atoms with Crippen molar-refractivity contribution in [3.8, 4) is 0 Å². The number of carbonyl (C=O) groups is 1. The van der Waals surface area contributed by atoms with Gasteiger partial charge >= 0.3 is 5.97 Å². The number of carboxylic acids is 1. The summed E-state index contributed by atoms with van der Waals surface area (Å²) in [5, 5.41) is 20.6. The smallest absolute Gasteiger partial charge is 0.313 e. The van der Waals surface area contributed by atoms with Gasteiger partial charge in [-0.3, -0.25) is 4.79 Å². The highest BCUT2D eigenvalue weighted by molar-refractivity contribution is 5.78. The molecule has 0 spiro atoms. The Kier molecular flexibility index (Phi) is 5.54. The minimum absolute atomic E-state index is 0.569. The topological polar surface area (TPSA) is 57.5 Å². The molecule has 3 rings (SSSR count). The first-order chi connectivity index (χ1) is 12.1. The lowest BCUT2D eigenvalue weighted by molar-refractivity contribution is -0.147. The summed E-state index contributed by atoms with van der Waals surface area (Å²) in [5.74, 6) is -1.77. The SMILES string of the molecule is O=C(O)C(c1ccc(CCc2ccccc2)cc1)C1(O)CCCCC1. The van der Waals surface area contributed by atoms with Crippen molar-refractivity contribution in [3.63, 3.8) is 0 Å². The first-order valence-electron chi connectivity index (χ1n) is 9.16. The molecule has 0 saturated heterocycles. The molecular weight excluding hydrogens is 312 g/mol. The normalized spacial score (nSPS) is 17.8. The molecule has 132 valence electrons. The number of rotatable bonds is 6. The number of aryl methyl sites for hydroxylation is 2. The van der Waals surface area contributed by atoms with Gasteiger partial charge in [0.05, 0.1) is 5.60 Å². The minimum atomic E-state index is -1.12. The van der Waals surface area contributed by atoms with Crippen LogP contribution in [0.15, 0.2) is 54.6 Å². The Bertz CT molecular complexity index is 685. The number of hydrogen-bond acceptors (Lipinski definition) is 2. The van der Waals surface area contributed by atoms with E-state index in [0.29, 0.717) is 18.4 Å². The number of hydrogen-bond donors (Lipinski definition) is 2. The molecule has 0 aromatic heterocycles. The summed E-state index contributed by atoms with van der Waals surface area (Å²) in [7, 11) is 0. The maximum absolute atomic E-state index is 11.8. The predicted octanol–water partition coefficient (Wildman–Crippen LogP) is 4.34.